The lowest BCUT2D eigenvalue weighted by molar-refractivity contribution is 0.0304. The Labute approximate surface area is 121 Å². The van der Waals surface area contributed by atoms with Gasteiger partial charge in [0.2, 0.25) is 0 Å². The largest absolute Gasteiger partial charge is 0.478 e. The molecule has 2 aromatic carbocycles. The average Bonchev–Trinajstić information content (AvgIpc) is 2.53. The van der Waals surface area contributed by atoms with Crippen molar-refractivity contribution in [2.24, 2.45) is 0 Å². The molecule has 0 radical (unpaired) electrons. The summed E-state index contributed by atoms with van der Waals surface area (Å²) in [6.07, 6.45) is 0. The van der Waals surface area contributed by atoms with E-state index in [1.165, 1.54) is 6.07 Å². The maximum Gasteiger partial charge on any atom is 0.336 e. The van der Waals surface area contributed by atoms with E-state index in [1.54, 1.807) is 23.1 Å². The number of carbonyl (C=O) groups is 2. The first kappa shape index (κ1) is 13.6. The van der Waals surface area contributed by atoms with Gasteiger partial charge in [-0.3, -0.25) is 4.79 Å². The average molecular weight is 285 g/mol. The van der Waals surface area contributed by atoms with Gasteiger partial charge in [-0.1, -0.05) is 24.3 Å². The summed E-state index contributed by atoms with van der Waals surface area (Å²) in [6, 6.07) is 10.3. The van der Waals surface area contributed by atoms with Gasteiger partial charge in [0.1, 0.15) is 0 Å². The second-order valence-corrected chi connectivity index (χ2v) is 4.92. The SMILES string of the molecule is O=C(O)c1cccc2cccc(C(=O)N3CCOCC3)c12. The topological polar surface area (TPSA) is 66.8 Å². The summed E-state index contributed by atoms with van der Waals surface area (Å²) in [5.74, 6) is -1.17. The van der Waals surface area contributed by atoms with Crippen molar-refractivity contribution in [3.05, 3.63) is 47.5 Å². The molecule has 1 N–H and O–H groups in total. The highest BCUT2D eigenvalue weighted by Gasteiger charge is 2.22. The molecule has 5 heteroatoms. The van der Waals surface area contributed by atoms with Gasteiger partial charge in [-0.2, -0.15) is 0 Å². The summed E-state index contributed by atoms with van der Waals surface area (Å²) in [5, 5.41) is 10.6. The molecule has 1 fully saturated rings. The lowest BCUT2D eigenvalue weighted by Gasteiger charge is -2.27. The summed E-state index contributed by atoms with van der Waals surface area (Å²) in [5.41, 5.74) is 0.595. The van der Waals surface area contributed by atoms with Crippen LogP contribution in [-0.4, -0.2) is 48.2 Å². The number of nitrogens with zero attached hydrogens (tertiary/aromatic N) is 1. The number of rotatable bonds is 2. The molecule has 0 unspecified atom stereocenters. The van der Waals surface area contributed by atoms with Gasteiger partial charge >= 0.3 is 5.97 Å². The van der Waals surface area contributed by atoms with E-state index in [9.17, 15) is 14.7 Å². The second-order valence-electron chi connectivity index (χ2n) is 4.92. The molecule has 3 rings (SSSR count). The first-order valence-electron chi connectivity index (χ1n) is 6.80. The zero-order valence-electron chi connectivity index (χ0n) is 11.4. The number of benzene rings is 2. The molecule has 0 bridgehead atoms. The number of morpholine rings is 1. The number of amides is 1. The van der Waals surface area contributed by atoms with Gasteiger partial charge in [0.05, 0.1) is 18.8 Å². The smallest absolute Gasteiger partial charge is 0.336 e. The van der Waals surface area contributed by atoms with Gasteiger partial charge in [-0.25, -0.2) is 4.79 Å². The quantitative estimate of drug-likeness (QED) is 0.916. The minimum Gasteiger partial charge on any atom is -0.478 e. The number of carboxylic acids is 1. The Morgan fingerprint density at radius 3 is 2.24 bits per heavy atom. The fourth-order valence-electron chi connectivity index (χ4n) is 2.63. The Morgan fingerprint density at radius 2 is 1.62 bits per heavy atom. The molecule has 0 saturated carbocycles. The number of hydrogen-bond acceptors (Lipinski definition) is 3. The van der Waals surface area contributed by atoms with Crippen molar-refractivity contribution in [1.82, 2.24) is 4.90 Å². The van der Waals surface area contributed by atoms with Gasteiger partial charge in [-0.15, -0.1) is 0 Å². The maximum atomic E-state index is 12.7. The van der Waals surface area contributed by atoms with E-state index < -0.39 is 5.97 Å². The third-order valence-electron chi connectivity index (χ3n) is 3.66. The summed E-state index contributed by atoms with van der Waals surface area (Å²) >= 11 is 0. The van der Waals surface area contributed by atoms with Crippen molar-refractivity contribution in [2.75, 3.05) is 26.3 Å². The van der Waals surface area contributed by atoms with Crippen LogP contribution in [0.4, 0.5) is 0 Å². The van der Waals surface area contributed by atoms with Crippen molar-refractivity contribution >= 4 is 22.6 Å². The summed E-state index contributed by atoms with van der Waals surface area (Å²) in [7, 11) is 0. The van der Waals surface area contributed by atoms with Gasteiger partial charge in [0.15, 0.2) is 0 Å². The van der Waals surface area contributed by atoms with Gasteiger partial charge in [0.25, 0.3) is 5.91 Å². The van der Waals surface area contributed by atoms with E-state index in [4.69, 9.17) is 4.74 Å². The maximum absolute atomic E-state index is 12.7. The minimum absolute atomic E-state index is 0.141. The zero-order chi connectivity index (χ0) is 14.8. The minimum atomic E-state index is -1.03. The zero-order valence-corrected chi connectivity index (χ0v) is 11.4. The molecule has 1 amide bonds. The summed E-state index contributed by atoms with van der Waals surface area (Å²) in [4.78, 5) is 25.8. The Morgan fingerprint density at radius 1 is 1.00 bits per heavy atom. The van der Waals surface area contributed by atoms with Crippen LogP contribution in [-0.2, 0) is 4.74 Å². The molecule has 0 aromatic heterocycles. The number of carbonyl (C=O) groups excluding carboxylic acids is 1. The van der Waals surface area contributed by atoms with Crippen molar-refractivity contribution in [3.63, 3.8) is 0 Å². The number of aromatic carboxylic acids is 1. The van der Waals surface area contributed by atoms with E-state index in [0.717, 1.165) is 5.39 Å². The molecule has 2 aromatic rings. The number of ether oxygens (including phenoxy) is 1. The Bertz CT molecular complexity index is 699. The summed E-state index contributed by atoms with van der Waals surface area (Å²) in [6.45, 7) is 2.10. The van der Waals surface area contributed by atoms with Crippen LogP contribution in [0, 0.1) is 0 Å². The van der Waals surface area contributed by atoms with Crippen LogP contribution >= 0.6 is 0 Å². The predicted octanol–water partition coefficient (Wildman–Crippen LogP) is 2.01. The number of carboxylic acid groups (broad SMARTS) is 1. The normalized spacial score (nSPS) is 15.1. The van der Waals surface area contributed by atoms with Crippen LogP contribution in [0.1, 0.15) is 20.7 Å². The highest BCUT2D eigenvalue weighted by atomic mass is 16.5. The molecule has 0 spiro atoms. The van der Waals surface area contributed by atoms with Crippen LogP contribution in [0.25, 0.3) is 10.8 Å². The molecular formula is C16H15NO4. The first-order chi connectivity index (χ1) is 10.2. The molecule has 1 aliphatic rings. The molecular weight excluding hydrogens is 270 g/mol. The van der Waals surface area contributed by atoms with Crippen LogP contribution in [0.3, 0.4) is 0 Å². The number of fused-ring (bicyclic) bond motifs is 1. The third-order valence-corrected chi connectivity index (χ3v) is 3.66. The molecule has 0 aliphatic carbocycles. The molecule has 108 valence electrons. The third kappa shape index (κ3) is 2.48. The van der Waals surface area contributed by atoms with Crippen LogP contribution < -0.4 is 0 Å². The van der Waals surface area contributed by atoms with Crippen molar-refractivity contribution in [2.45, 2.75) is 0 Å². The molecule has 1 saturated heterocycles. The number of hydrogen-bond donors (Lipinski definition) is 1. The van der Waals surface area contributed by atoms with E-state index in [-0.39, 0.29) is 11.5 Å². The fraction of sp³-hybridized carbons (Fsp3) is 0.250. The van der Waals surface area contributed by atoms with Gasteiger partial charge in [-0.05, 0) is 17.5 Å². The molecule has 0 atom stereocenters. The Hall–Kier alpha value is -2.40. The molecule has 1 heterocycles. The van der Waals surface area contributed by atoms with Crippen molar-refractivity contribution in [3.8, 4) is 0 Å². The Balaban J connectivity index is 2.13. The van der Waals surface area contributed by atoms with E-state index in [2.05, 4.69) is 0 Å². The lowest BCUT2D eigenvalue weighted by Crippen LogP contribution is -2.40. The van der Waals surface area contributed by atoms with Crippen LogP contribution in [0.2, 0.25) is 0 Å². The van der Waals surface area contributed by atoms with E-state index in [0.29, 0.717) is 37.3 Å². The van der Waals surface area contributed by atoms with E-state index >= 15 is 0 Å². The first-order valence-corrected chi connectivity index (χ1v) is 6.80. The Kier molecular flexibility index (Phi) is 3.58. The van der Waals surface area contributed by atoms with Crippen LogP contribution in [0.5, 0.6) is 0 Å². The lowest BCUT2D eigenvalue weighted by atomic mass is 9.98. The fourth-order valence-corrected chi connectivity index (χ4v) is 2.63. The van der Waals surface area contributed by atoms with Crippen molar-refractivity contribution < 1.29 is 19.4 Å². The van der Waals surface area contributed by atoms with Gasteiger partial charge in [0, 0.05) is 24.0 Å². The van der Waals surface area contributed by atoms with Crippen LogP contribution in [0.15, 0.2) is 36.4 Å². The second kappa shape index (κ2) is 5.54. The van der Waals surface area contributed by atoms with Crippen molar-refractivity contribution in [1.29, 1.82) is 0 Å². The highest BCUT2D eigenvalue weighted by Crippen LogP contribution is 2.24. The van der Waals surface area contributed by atoms with Gasteiger partial charge < -0.3 is 14.7 Å². The monoisotopic (exact) mass is 285 g/mol. The van der Waals surface area contributed by atoms with E-state index in [1.807, 2.05) is 12.1 Å². The molecule has 1 aliphatic heterocycles. The standard InChI is InChI=1S/C16H15NO4/c18-15(17-7-9-21-10-8-17)12-5-1-3-11-4-2-6-13(14(11)12)16(19)20/h1-6H,7-10H2,(H,19,20). The molecule has 5 nitrogen and oxygen atoms in total. The highest BCUT2D eigenvalue weighted by molar-refractivity contribution is 6.14. The predicted molar refractivity (Wildman–Crippen MR) is 77.6 cm³/mol. The molecule has 21 heavy (non-hydrogen) atoms. The summed E-state index contributed by atoms with van der Waals surface area (Å²) < 4.78 is 5.25.